The fourth-order valence-electron chi connectivity index (χ4n) is 3.24. The number of phenols is 1. The third kappa shape index (κ3) is 3.34. The monoisotopic (exact) mass is 329 g/mol. The van der Waals surface area contributed by atoms with Crippen LogP contribution in [0.2, 0.25) is 0 Å². The molecule has 0 saturated carbocycles. The van der Waals surface area contributed by atoms with Gasteiger partial charge in [0.15, 0.2) is 5.82 Å². The van der Waals surface area contributed by atoms with E-state index in [4.69, 9.17) is 4.74 Å². The zero-order valence-corrected chi connectivity index (χ0v) is 14.2. The molecular formula is C18H23N3O3. The number of anilines is 1. The van der Waals surface area contributed by atoms with E-state index >= 15 is 0 Å². The largest absolute Gasteiger partial charge is 0.507 e. The van der Waals surface area contributed by atoms with Crippen molar-refractivity contribution in [3.8, 4) is 17.0 Å². The molecule has 1 fully saturated rings. The maximum Gasteiger partial charge on any atom is 0.151 e. The molecule has 0 spiro atoms. The Labute approximate surface area is 141 Å². The topological polar surface area (TPSA) is 78.7 Å². The molecule has 3 rings (SSSR count). The smallest absolute Gasteiger partial charge is 0.151 e. The van der Waals surface area contributed by atoms with Crippen molar-refractivity contribution < 1.29 is 14.9 Å². The minimum atomic E-state index is -0.210. The Morgan fingerprint density at radius 2 is 2.00 bits per heavy atom. The highest BCUT2D eigenvalue weighted by molar-refractivity contribution is 5.71. The summed E-state index contributed by atoms with van der Waals surface area (Å²) in [5.41, 5.74) is 3.34. The highest BCUT2D eigenvalue weighted by atomic mass is 16.5. The molecule has 1 aliphatic rings. The van der Waals surface area contributed by atoms with Crippen molar-refractivity contribution in [2.75, 3.05) is 24.6 Å². The molecule has 0 amide bonds. The predicted molar refractivity (Wildman–Crippen MR) is 92.2 cm³/mol. The van der Waals surface area contributed by atoms with Crippen LogP contribution in [0.4, 0.5) is 5.82 Å². The summed E-state index contributed by atoms with van der Waals surface area (Å²) < 4.78 is 5.65. The first-order valence-corrected chi connectivity index (χ1v) is 8.13. The molecular weight excluding hydrogens is 306 g/mol. The van der Waals surface area contributed by atoms with Crippen molar-refractivity contribution in [3.05, 3.63) is 35.4 Å². The summed E-state index contributed by atoms with van der Waals surface area (Å²) in [6.45, 7) is 7.16. The van der Waals surface area contributed by atoms with E-state index in [-0.39, 0.29) is 24.6 Å². The van der Waals surface area contributed by atoms with Gasteiger partial charge in [0.1, 0.15) is 5.75 Å². The maximum absolute atomic E-state index is 10.2. The zero-order valence-electron chi connectivity index (χ0n) is 14.2. The number of nitrogens with zero attached hydrogens (tertiary/aromatic N) is 3. The molecule has 2 aromatic rings. The maximum atomic E-state index is 10.2. The molecule has 0 bridgehead atoms. The summed E-state index contributed by atoms with van der Waals surface area (Å²) in [5, 5.41) is 28.2. The predicted octanol–water partition coefficient (Wildman–Crippen LogP) is 2.05. The molecule has 6 heteroatoms. The fraction of sp³-hybridized carbons (Fsp3) is 0.444. The van der Waals surface area contributed by atoms with Gasteiger partial charge in [-0.15, -0.1) is 10.2 Å². The third-order valence-corrected chi connectivity index (χ3v) is 4.22. The van der Waals surface area contributed by atoms with Crippen LogP contribution in [-0.2, 0) is 4.74 Å². The van der Waals surface area contributed by atoms with Gasteiger partial charge in [0.2, 0.25) is 0 Å². The average molecular weight is 329 g/mol. The fourth-order valence-corrected chi connectivity index (χ4v) is 3.24. The van der Waals surface area contributed by atoms with Crippen molar-refractivity contribution in [1.82, 2.24) is 10.2 Å². The van der Waals surface area contributed by atoms with E-state index in [1.54, 1.807) is 6.07 Å². The number of rotatable bonds is 3. The summed E-state index contributed by atoms with van der Waals surface area (Å²) in [6, 6.07) is 7.51. The molecule has 128 valence electrons. The normalized spacial score (nSPS) is 21.1. The van der Waals surface area contributed by atoms with Gasteiger partial charge in [0.05, 0.1) is 24.5 Å². The number of benzene rings is 1. The van der Waals surface area contributed by atoms with Crippen LogP contribution >= 0.6 is 0 Å². The lowest BCUT2D eigenvalue weighted by molar-refractivity contribution is -0.0423. The van der Waals surface area contributed by atoms with Crippen LogP contribution in [0.3, 0.4) is 0 Å². The second kappa shape index (κ2) is 6.75. The average Bonchev–Trinajstić information content (AvgIpc) is 2.54. The Kier molecular flexibility index (Phi) is 4.69. The van der Waals surface area contributed by atoms with Gasteiger partial charge in [0.25, 0.3) is 0 Å². The van der Waals surface area contributed by atoms with E-state index in [1.807, 2.05) is 39.0 Å². The molecule has 1 aromatic heterocycles. The van der Waals surface area contributed by atoms with E-state index in [2.05, 4.69) is 15.1 Å². The van der Waals surface area contributed by atoms with E-state index in [1.165, 1.54) is 0 Å². The van der Waals surface area contributed by atoms with Gasteiger partial charge in [-0.25, -0.2) is 0 Å². The number of aryl methyl sites for hydroxylation is 2. The number of morpholine rings is 1. The van der Waals surface area contributed by atoms with E-state index in [9.17, 15) is 10.2 Å². The van der Waals surface area contributed by atoms with Crippen molar-refractivity contribution >= 4 is 5.82 Å². The molecule has 6 nitrogen and oxygen atoms in total. The van der Waals surface area contributed by atoms with Crippen LogP contribution < -0.4 is 4.90 Å². The second-order valence-electron chi connectivity index (χ2n) is 6.41. The third-order valence-electron chi connectivity index (χ3n) is 4.22. The second-order valence-corrected chi connectivity index (χ2v) is 6.41. The molecule has 0 radical (unpaired) electrons. The lowest BCUT2D eigenvalue weighted by Gasteiger charge is -2.36. The molecule has 24 heavy (non-hydrogen) atoms. The number of aromatic nitrogens is 2. The number of hydrogen-bond acceptors (Lipinski definition) is 6. The van der Waals surface area contributed by atoms with E-state index < -0.39 is 0 Å². The molecule has 0 unspecified atom stereocenters. The molecule has 1 aromatic carbocycles. The summed E-state index contributed by atoms with van der Waals surface area (Å²) in [6.07, 6.45) is -0.181. The van der Waals surface area contributed by atoms with Gasteiger partial charge in [-0.2, -0.15) is 0 Å². The van der Waals surface area contributed by atoms with Gasteiger partial charge in [-0.05, 0) is 50.1 Å². The Bertz CT molecular complexity index is 695. The highest BCUT2D eigenvalue weighted by Crippen LogP contribution is 2.32. The van der Waals surface area contributed by atoms with Gasteiger partial charge in [-0.3, -0.25) is 0 Å². The molecule has 1 saturated heterocycles. The Hall–Kier alpha value is -2.18. The lowest BCUT2D eigenvalue weighted by atomic mass is 10.0. The summed E-state index contributed by atoms with van der Waals surface area (Å²) in [4.78, 5) is 2.06. The van der Waals surface area contributed by atoms with Crippen LogP contribution in [0.15, 0.2) is 24.3 Å². The molecule has 2 N–H and O–H groups in total. The molecule has 2 atom stereocenters. The number of aliphatic hydroxyl groups excluding tert-OH is 1. The number of aromatic hydroxyl groups is 1. The number of hydrogen-bond donors (Lipinski definition) is 2. The lowest BCUT2D eigenvalue weighted by Crippen LogP contribution is -2.48. The van der Waals surface area contributed by atoms with Gasteiger partial charge in [-0.1, -0.05) is 6.07 Å². The first-order chi connectivity index (χ1) is 11.5. The number of phenolic OH excluding ortho intramolecular Hbond substituents is 1. The van der Waals surface area contributed by atoms with Crippen molar-refractivity contribution in [2.24, 2.45) is 0 Å². The summed E-state index contributed by atoms with van der Waals surface area (Å²) in [5.74, 6) is 0.964. The Balaban J connectivity index is 1.86. The van der Waals surface area contributed by atoms with E-state index in [0.717, 1.165) is 16.9 Å². The van der Waals surface area contributed by atoms with Crippen LogP contribution in [0.5, 0.6) is 5.75 Å². The summed E-state index contributed by atoms with van der Waals surface area (Å²) in [7, 11) is 0. The van der Waals surface area contributed by atoms with Crippen LogP contribution in [0, 0.1) is 13.8 Å². The minimum absolute atomic E-state index is 0.0111. The minimum Gasteiger partial charge on any atom is -0.507 e. The number of aliphatic hydroxyl groups is 1. The van der Waals surface area contributed by atoms with Gasteiger partial charge < -0.3 is 19.8 Å². The van der Waals surface area contributed by atoms with Crippen LogP contribution in [0.1, 0.15) is 18.1 Å². The van der Waals surface area contributed by atoms with Gasteiger partial charge in [0, 0.05) is 18.7 Å². The van der Waals surface area contributed by atoms with Crippen molar-refractivity contribution in [2.45, 2.75) is 33.0 Å². The highest BCUT2D eigenvalue weighted by Gasteiger charge is 2.26. The van der Waals surface area contributed by atoms with Gasteiger partial charge >= 0.3 is 0 Å². The standard InChI is InChI=1S/C18H23N3O3/c1-11-6-12(2)18(16(23)7-11)15-4-5-17(20-19-15)21-8-13(3)24-14(9-21)10-22/h4-7,13-14,22-23H,8-10H2,1-3H3/t13-,14+/m1/s1. The molecule has 1 aliphatic heterocycles. The SMILES string of the molecule is Cc1cc(C)c(-c2ccc(N3C[C@@H](CO)O[C@H](C)C3)nn2)c(O)c1. The zero-order chi connectivity index (χ0) is 17.3. The van der Waals surface area contributed by atoms with Crippen LogP contribution in [0.25, 0.3) is 11.3 Å². The quantitative estimate of drug-likeness (QED) is 0.897. The Morgan fingerprint density at radius 1 is 1.21 bits per heavy atom. The first-order valence-electron chi connectivity index (χ1n) is 8.13. The first kappa shape index (κ1) is 16.7. The van der Waals surface area contributed by atoms with E-state index in [0.29, 0.717) is 24.3 Å². The molecule has 2 heterocycles. The summed E-state index contributed by atoms with van der Waals surface area (Å²) >= 11 is 0. The Morgan fingerprint density at radius 3 is 2.62 bits per heavy atom. The number of ether oxygens (including phenoxy) is 1. The van der Waals surface area contributed by atoms with Crippen LogP contribution in [-0.4, -0.2) is 52.3 Å². The van der Waals surface area contributed by atoms with Crippen molar-refractivity contribution in [3.63, 3.8) is 0 Å². The molecule has 0 aliphatic carbocycles. The van der Waals surface area contributed by atoms with Crippen molar-refractivity contribution in [1.29, 1.82) is 0 Å².